The Labute approximate surface area is 237 Å². The predicted octanol–water partition coefficient (Wildman–Crippen LogP) is 5.47. The van der Waals surface area contributed by atoms with Gasteiger partial charge < -0.3 is 19.1 Å². The third-order valence-electron chi connectivity index (χ3n) is 7.17. The monoisotopic (exact) mass is 584 g/mol. The molecule has 12 heteroatoms. The van der Waals surface area contributed by atoms with Crippen molar-refractivity contribution in [3.05, 3.63) is 93.8 Å². The zero-order valence-electron chi connectivity index (χ0n) is 21.6. The Kier molecular flexibility index (Phi) is 7.41. The van der Waals surface area contributed by atoms with E-state index in [1.165, 1.54) is 24.3 Å². The van der Waals surface area contributed by atoms with Crippen molar-refractivity contribution in [2.45, 2.75) is 32.2 Å². The second-order valence-electron chi connectivity index (χ2n) is 9.94. The fourth-order valence-electron chi connectivity index (χ4n) is 4.93. The number of rotatable bonds is 9. The van der Waals surface area contributed by atoms with Crippen LogP contribution in [-0.4, -0.2) is 56.3 Å². The Bertz CT molecular complexity index is 1690. The first kappa shape index (κ1) is 27.3. The van der Waals surface area contributed by atoms with Crippen LogP contribution in [0.5, 0.6) is 5.75 Å². The molecule has 2 aromatic carbocycles. The number of carbonyl (C=O) groups is 1. The van der Waals surface area contributed by atoms with Crippen molar-refractivity contribution in [1.82, 2.24) is 19.4 Å². The van der Waals surface area contributed by atoms with Crippen LogP contribution in [0.15, 0.2) is 48.5 Å². The minimum absolute atomic E-state index is 0.0307. The molecule has 1 N–H and O–H groups in total. The number of pyridine rings is 1. The molecule has 4 aromatic rings. The maximum Gasteiger partial charge on any atom is 0.335 e. The van der Waals surface area contributed by atoms with E-state index in [1.807, 2.05) is 10.6 Å². The standard InChI is InChI=1S/C29H24ClF3N4O4/c30-18-1-4-26(21(32)11-18)41-15-24-20(31)2-3-23(34-24)16-5-7-36(12-16)14-27-35-28-22(33)9-17(29(38)39)10-25(28)37(27)13-19-6-8-40-19/h1-5,9-11,19H,6-8,12-15H2,(H,38,39)/t19-/m0/s1. The normalized spacial score (nSPS) is 17.1. The van der Waals surface area contributed by atoms with Gasteiger partial charge in [0.25, 0.3) is 0 Å². The van der Waals surface area contributed by atoms with Crippen LogP contribution in [0.4, 0.5) is 13.2 Å². The molecule has 212 valence electrons. The van der Waals surface area contributed by atoms with E-state index in [0.717, 1.165) is 24.1 Å². The third-order valence-corrected chi connectivity index (χ3v) is 7.41. The van der Waals surface area contributed by atoms with E-state index in [9.17, 15) is 23.1 Å². The Balaban J connectivity index is 1.19. The van der Waals surface area contributed by atoms with Crippen molar-refractivity contribution in [1.29, 1.82) is 0 Å². The topological polar surface area (TPSA) is 89.7 Å². The zero-order valence-corrected chi connectivity index (χ0v) is 22.4. The van der Waals surface area contributed by atoms with Gasteiger partial charge in [-0.2, -0.15) is 0 Å². The average molecular weight is 585 g/mol. The highest BCUT2D eigenvalue weighted by molar-refractivity contribution is 6.30. The highest BCUT2D eigenvalue weighted by Gasteiger charge is 2.26. The summed E-state index contributed by atoms with van der Waals surface area (Å²) in [6.45, 7) is 2.17. The lowest BCUT2D eigenvalue weighted by molar-refractivity contribution is -0.0591. The molecule has 2 aliphatic rings. The van der Waals surface area contributed by atoms with E-state index in [2.05, 4.69) is 14.9 Å². The van der Waals surface area contributed by atoms with E-state index < -0.39 is 23.4 Å². The van der Waals surface area contributed by atoms with Crippen molar-refractivity contribution in [3.8, 4) is 5.75 Å². The summed E-state index contributed by atoms with van der Waals surface area (Å²) in [5, 5.41) is 9.65. The van der Waals surface area contributed by atoms with Crippen LogP contribution in [0.1, 0.15) is 34.0 Å². The molecule has 0 unspecified atom stereocenters. The molecule has 1 fully saturated rings. The first-order valence-electron chi connectivity index (χ1n) is 12.9. The minimum Gasteiger partial charge on any atom is -0.484 e. The molecule has 0 aliphatic carbocycles. The number of imidazole rings is 1. The Morgan fingerprint density at radius 2 is 1.93 bits per heavy atom. The third kappa shape index (κ3) is 5.65. The minimum atomic E-state index is -1.22. The summed E-state index contributed by atoms with van der Waals surface area (Å²) in [6.07, 6.45) is 2.76. The van der Waals surface area contributed by atoms with Crippen LogP contribution in [-0.2, 0) is 24.4 Å². The molecule has 0 radical (unpaired) electrons. The Morgan fingerprint density at radius 3 is 2.66 bits per heavy atom. The van der Waals surface area contributed by atoms with Crippen molar-refractivity contribution in [2.24, 2.45) is 0 Å². The molecule has 0 amide bonds. The highest BCUT2D eigenvalue weighted by atomic mass is 35.5. The largest absolute Gasteiger partial charge is 0.484 e. The van der Waals surface area contributed by atoms with Gasteiger partial charge in [0, 0.05) is 24.7 Å². The number of aromatic nitrogens is 3. The Hall–Kier alpha value is -3.93. The molecule has 8 nitrogen and oxygen atoms in total. The van der Waals surface area contributed by atoms with Gasteiger partial charge in [-0.3, -0.25) is 4.90 Å². The van der Waals surface area contributed by atoms with E-state index >= 15 is 0 Å². The number of nitrogens with zero attached hydrogens (tertiary/aromatic N) is 4. The molecule has 6 rings (SSSR count). The number of hydrogen-bond acceptors (Lipinski definition) is 6. The summed E-state index contributed by atoms with van der Waals surface area (Å²) in [5.74, 6) is -2.63. The number of carboxylic acids is 1. The fraction of sp³-hybridized carbons (Fsp3) is 0.276. The first-order valence-corrected chi connectivity index (χ1v) is 13.3. The van der Waals surface area contributed by atoms with Crippen molar-refractivity contribution < 1.29 is 32.5 Å². The molecular formula is C29H24ClF3N4O4. The van der Waals surface area contributed by atoms with Crippen molar-refractivity contribution >= 4 is 34.2 Å². The maximum absolute atomic E-state index is 14.8. The lowest BCUT2D eigenvalue weighted by Crippen LogP contribution is -2.32. The van der Waals surface area contributed by atoms with Crippen LogP contribution < -0.4 is 4.74 Å². The number of ether oxygens (including phenoxy) is 2. The summed E-state index contributed by atoms with van der Waals surface area (Å²) in [5.41, 5.74) is 1.80. The van der Waals surface area contributed by atoms with Gasteiger partial charge in [0.15, 0.2) is 17.4 Å². The molecule has 0 spiro atoms. The molecule has 0 bridgehead atoms. The van der Waals surface area contributed by atoms with Gasteiger partial charge in [0.1, 0.15) is 29.5 Å². The lowest BCUT2D eigenvalue weighted by atomic mass is 10.1. The van der Waals surface area contributed by atoms with E-state index in [-0.39, 0.29) is 40.3 Å². The predicted molar refractivity (Wildman–Crippen MR) is 144 cm³/mol. The van der Waals surface area contributed by atoms with E-state index in [0.29, 0.717) is 49.8 Å². The fourth-order valence-corrected chi connectivity index (χ4v) is 5.09. The molecule has 41 heavy (non-hydrogen) atoms. The quantitative estimate of drug-likeness (QED) is 0.279. The van der Waals surface area contributed by atoms with Crippen LogP contribution in [0, 0.1) is 17.5 Å². The van der Waals surface area contributed by atoms with Gasteiger partial charge in [-0.15, -0.1) is 0 Å². The second kappa shape index (κ2) is 11.2. The maximum atomic E-state index is 14.8. The average Bonchev–Trinajstić information content (AvgIpc) is 3.51. The number of benzene rings is 2. The van der Waals surface area contributed by atoms with Gasteiger partial charge in [-0.1, -0.05) is 17.7 Å². The van der Waals surface area contributed by atoms with Crippen LogP contribution >= 0.6 is 11.6 Å². The van der Waals surface area contributed by atoms with Crippen molar-refractivity contribution in [2.75, 3.05) is 19.7 Å². The number of carboxylic acid groups (broad SMARTS) is 1. The number of fused-ring (bicyclic) bond motifs is 1. The van der Waals surface area contributed by atoms with Gasteiger partial charge in [-0.05, 0) is 54.5 Å². The van der Waals surface area contributed by atoms with Gasteiger partial charge in [0.05, 0.1) is 36.0 Å². The van der Waals surface area contributed by atoms with Crippen molar-refractivity contribution in [3.63, 3.8) is 0 Å². The Morgan fingerprint density at radius 1 is 1.10 bits per heavy atom. The number of halogens is 4. The second-order valence-corrected chi connectivity index (χ2v) is 10.4. The van der Waals surface area contributed by atoms with Gasteiger partial charge >= 0.3 is 5.97 Å². The molecule has 1 saturated heterocycles. The summed E-state index contributed by atoms with van der Waals surface area (Å²) in [4.78, 5) is 22.6. The first-order chi connectivity index (χ1) is 19.7. The van der Waals surface area contributed by atoms with Gasteiger partial charge in [0.2, 0.25) is 0 Å². The SMILES string of the molecule is O=C(O)c1cc(F)c2nc(CN3CC=C(c4ccc(F)c(COc5ccc(Cl)cc5F)n4)C3)n(C[C@@H]3CCO3)c2c1. The lowest BCUT2D eigenvalue weighted by Gasteiger charge is -2.28. The zero-order chi connectivity index (χ0) is 28.7. The summed E-state index contributed by atoms with van der Waals surface area (Å²) < 4.78 is 56.3. The molecule has 4 heterocycles. The summed E-state index contributed by atoms with van der Waals surface area (Å²) >= 11 is 5.77. The molecule has 2 aromatic heterocycles. The summed E-state index contributed by atoms with van der Waals surface area (Å²) in [7, 11) is 0. The van der Waals surface area contributed by atoms with E-state index in [1.54, 1.807) is 6.07 Å². The van der Waals surface area contributed by atoms with Crippen LogP contribution in [0.2, 0.25) is 5.02 Å². The van der Waals surface area contributed by atoms with E-state index in [4.69, 9.17) is 21.1 Å². The summed E-state index contributed by atoms with van der Waals surface area (Å²) in [6, 6.07) is 9.24. The highest BCUT2D eigenvalue weighted by Crippen LogP contribution is 2.28. The molecule has 1 atom stereocenters. The van der Waals surface area contributed by atoms with Crippen LogP contribution in [0.3, 0.4) is 0 Å². The molecular weight excluding hydrogens is 561 g/mol. The number of aromatic carboxylic acids is 1. The molecule has 2 aliphatic heterocycles. The smallest absolute Gasteiger partial charge is 0.335 e. The molecule has 0 saturated carbocycles. The van der Waals surface area contributed by atoms with Gasteiger partial charge in [-0.25, -0.2) is 27.9 Å². The van der Waals surface area contributed by atoms with Crippen LogP contribution in [0.25, 0.3) is 16.6 Å². The number of hydrogen-bond donors (Lipinski definition) is 1.